The van der Waals surface area contributed by atoms with Crippen LogP contribution in [0.5, 0.6) is 0 Å². The van der Waals surface area contributed by atoms with E-state index in [1.807, 2.05) is 4.90 Å². The number of anilines is 1. The summed E-state index contributed by atoms with van der Waals surface area (Å²) in [6.07, 6.45) is 0.194. The number of nitro groups is 1. The van der Waals surface area contributed by atoms with Crippen LogP contribution in [0.3, 0.4) is 0 Å². The second kappa shape index (κ2) is 9.52. The fraction of sp³-hybridized carbons (Fsp3) is 0.316. The van der Waals surface area contributed by atoms with Crippen molar-refractivity contribution in [1.29, 1.82) is 0 Å². The van der Waals surface area contributed by atoms with E-state index >= 15 is 0 Å². The topological polar surface area (TPSA) is 113 Å². The molecular formula is C19H21ClN4O5S. The van der Waals surface area contributed by atoms with Gasteiger partial charge in [0.2, 0.25) is 15.9 Å². The van der Waals surface area contributed by atoms with Crippen molar-refractivity contribution in [3.05, 3.63) is 63.7 Å². The van der Waals surface area contributed by atoms with Crippen molar-refractivity contribution >= 4 is 38.9 Å². The van der Waals surface area contributed by atoms with Crippen molar-refractivity contribution in [2.75, 3.05) is 38.0 Å². The lowest BCUT2D eigenvalue weighted by Crippen LogP contribution is -2.49. The predicted molar refractivity (Wildman–Crippen MR) is 113 cm³/mol. The van der Waals surface area contributed by atoms with Gasteiger partial charge >= 0.3 is 0 Å². The zero-order valence-electron chi connectivity index (χ0n) is 16.0. The number of carbonyl (C=O) groups excluding carboxylic acids is 1. The maximum absolute atomic E-state index is 12.8. The highest BCUT2D eigenvalue weighted by molar-refractivity contribution is 7.89. The zero-order chi connectivity index (χ0) is 21.7. The SMILES string of the molecule is O=C(CCN1CCN(S(=O)(=O)c2ccccc2Cl)CC1)Nc1cccc([N+](=O)[O-])c1. The number of hydrogen-bond acceptors (Lipinski definition) is 6. The van der Waals surface area contributed by atoms with E-state index in [1.165, 1.54) is 28.6 Å². The van der Waals surface area contributed by atoms with E-state index in [0.29, 0.717) is 38.4 Å². The highest BCUT2D eigenvalue weighted by atomic mass is 35.5. The highest BCUT2D eigenvalue weighted by Crippen LogP contribution is 2.25. The first-order valence-corrected chi connectivity index (χ1v) is 11.1. The van der Waals surface area contributed by atoms with Crippen molar-refractivity contribution in [2.24, 2.45) is 0 Å². The molecular weight excluding hydrogens is 432 g/mol. The lowest BCUT2D eigenvalue weighted by molar-refractivity contribution is -0.384. The molecule has 0 aromatic heterocycles. The minimum absolute atomic E-state index is 0.0938. The van der Waals surface area contributed by atoms with Crippen LogP contribution in [0, 0.1) is 10.1 Å². The molecule has 0 unspecified atom stereocenters. The molecule has 1 aliphatic rings. The van der Waals surface area contributed by atoms with Crippen LogP contribution in [-0.2, 0) is 14.8 Å². The molecule has 1 saturated heterocycles. The van der Waals surface area contributed by atoms with Crippen LogP contribution in [0.25, 0.3) is 0 Å². The lowest BCUT2D eigenvalue weighted by atomic mass is 10.2. The van der Waals surface area contributed by atoms with Gasteiger partial charge in [-0.25, -0.2) is 8.42 Å². The first-order chi connectivity index (χ1) is 14.3. The van der Waals surface area contributed by atoms with Gasteiger partial charge in [0.1, 0.15) is 4.90 Å². The molecule has 0 spiro atoms. The number of rotatable bonds is 7. The Labute approximate surface area is 179 Å². The van der Waals surface area contributed by atoms with Gasteiger partial charge in [0, 0.05) is 57.0 Å². The summed E-state index contributed by atoms with van der Waals surface area (Å²) in [6, 6.07) is 12.1. The molecule has 2 aromatic carbocycles. The molecule has 0 saturated carbocycles. The van der Waals surface area contributed by atoms with Crippen LogP contribution in [-0.4, -0.2) is 61.2 Å². The van der Waals surface area contributed by atoms with E-state index in [2.05, 4.69) is 5.32 Å². The summed E-state index contributed by atoms with van der Waals surface area (Å²) in [4.78, 5) is 24.5. The molecule has 1 heterocycles. The Morgan fingerprint density at radius 3 is 2.47 bits per heavy atom. The second-order valence-electron chi connectivity index (χ2n) is 6.78. The molecule has 0 radical (unpaired) electrons. The normalized spacial score (nSPS) is 15.6. The second-order valence-corrected chi connectivity index (χ2v) is 9.10. The fourth-order valence-corrected chi connectivity index (χ4v) is 5.08. The Kier molecular flexibility index (Phi) is 7.03. The van der Waals surface area contributed by atoms with E-state index in [4.69, 9.17) is 11.6 Å². The van der Waals surface area contributed by atoms with Crippen LogP contribution >= 0.6 is 11.6 Å². The van der Waals surface area contributed by atoms with Gasteiger partial charge in [-0.3, -0.25) is 14.9 Å². The summed E-state index contributed by atoms with van der Waals surface area (Å²) < 4.78 is 26.9. The number of nitrogens with one attached hydrogen (secondary N) is 1. The minimum Gasteiger partial charge on any atom is -0.326 e. The Hall–Kier alpha value is -2.53. The Balaban J connectivity index is 1.49. The van der Waals surface area contributed by atoms with Crippen LogP contribution in [0.4, 0.5) is 11.4 Å². The molecule has 160 valence electrons. The van der Waals surface area contributed by atoms with Crippen LogP contribution in [0.15, 0.2) is 53.4 Å². The lowest BCUT2D eigenvalue weighted by Gasteiger charge is -2.33. The number of benzene rings is 2. The summed E-state index contributed by atoms with van der Waals surface area (Å²) in [6.45, 7) is 2.06. The van der Waals surface area contributed by atoms with E-state index in [1.54, 1.807) is 24.3 Å². The van der Waals surface area contributed by atoms with E-state index < -0.39 is 14.9 Å². The number of sulfonamides is 1. The monoisotopic (exact) mass is 452 g/mol. The number of carbonyl (C=O) groups is 1. The van der Waals surface area contributed by atoms with Crippen molar-refractivity contribution in [2.45, 2.75) is 11.3 Å². The quantitative estimate of drug-likeness (QED) is 0.510. The van der Waals surface area contributed by atoms with Gasteiger partial charge in [0.25, 0.3) is 5.69 Å². The number of hydrogen-bond donors (Lipinski definition) is 1. The summed E-state index contributed by atoms with van der Waals surface area (Å²) >= 11 is 6.04. The van der Waals surface area contributed by atoms with Crippen molar-refractivity contribution in [1.82, 2.24) is 9.21 Å². The maximum atomic E-state index is 12.8. The molecule has 2 aromatic rings. The molecule has 1 N–H and O–H groups in total. The number of piperazine rings is 1. The molecule has 1 amide bonds. The van der Waals surface area contributed by atoms with Crippen LogP contribution < -0.4 is 5.32 Å². The minimum atomic E-state index is -3.66. The van der Waals surface area contributed by atoms with Crippen molar-refractivity contribution in [3.63, 3.8) is 0 Å². The predicted octanol–water partition coefficient (Wildman–Crippen LogP) is 2.58. The smallest absolute Gasteiger partial charge is 0.271 e. The van der Waals surface area contributed by atoms with Gasteiger partial charge in [-0.05, 0) is 18.2 Å². The molecule has 30 heavy (non-hydrogen) atoms. The summed E-state index contributed by atoms with van der Waals surface area (Å²) in [5.41, 5.74) is 0.272. The van der Waals surface area contributed by atoms with Gasteiger partial charge in [0.05, 0.1) is 9.95 Å². The average Bonchev–Trinajstić information content (AvgIpc) is 2.73. The first kappa shape index (κ1) is 22.2. The molecule has 0 aliphatic carbocycles. The Morgan fingerprint density at radius 1 is 1.10 bits per heavy atom. The summed E-state index contributed by atoms with van der Waals surface area (Å²) in [5, 5.41) is 13.6. The molecule has 11 heteroatoms. The number of non-ortho nitro benzene ring substituents is 1. The number of nitrogens with zero attached hydrogens (tertiary/aromatic N) is 3. The highest BCUT2D eigenvalue weighted by Gasteiger charge is 2.29. The van der Waals surface area contributed by atoms with Gasteiger partial charge in [-0.15, -0.1) is 0 Å². The number of halogens is 1. The Bertz CT molecular complexity index is 1040. The van der Waals surface area contributed by atoms with E-state index in [0.717, 1.165) is 0 Å². The molecule has 1 fully saturated rings. The molecule has 3 rings (SSSR count). The third kappa shape index (κ3) is 5.33. The zero-order valence-corrected chi connectivity index (χ0v) is 17.6. The van der Waals surface area contributed by atoms with Crippen LogP contribution in [0.2, 0.25) is 5.02 Å². The standard InChI is InChI=1S/C19H21ClN4O5S/c20-17-6-1-2-7-18(17)30(28,29)23-12-10-22(11-13-23)9-8-19(25)21-15-4-3-5-16(14-15)24(26)27/h1-7,14H,8-13H2,(H,21,25). The molecule has 0 bridgehead atoms. The largest absolute Gasteiger partial charge is 0.326 e. The van der Waals surface area contributed by atoms with Gasteiger partial charge < -0.3 is 10.2 Å². The summed E-state index contributed by atoms with van der Waals surface area (Å²) in [7, 11) is -3.66. The third-order valence-electron chi connectivity index (χ3n) is 4.78. The number of amides is 1. The molecule has 9 nitrogen and oxygen atoms in total. The summed E-state index contributed by atoms with van der Waals surface area (Å²) in [5.74, 6) is -0.262. The number of nitro benzene ring substituents is 1. The van der Waals surface area contributed by atoms with Gasteiger partial charge in [-0.2, -0.15) is 4.31 Å². The van der Waals surface area contributed by atoms with Crippen molar-refractivity contribution in [3.8, 4) is 0 Å². The van der Waals surface area contributed by atoms with E-state index in [9.17, 15) is 23.3 Å². The van der Waals surface area contributed by atoms with Gasteiger partial charge in [0.15, 0.2) is 0 Å². The fourth-order valence-electron chi connectivity index (χ4n) is 3.17. The Morgan fingerprint density at radius 2 is 1.80 bits per heavy atom. The molecule has 0 atom stereocenters. The van der Waals surface area contributed by atoms with Gasteiger partial charge in [-0.1, -0.05) is 29.8 Å². The molecule has 1 aliphatic heterocycles. The van der Waals surface area contributed by atoms with Crippen molar-refractivity contribution < 1.29 is 18.1 Å². The first-order valence-electron chi connectivity index (χ1n) is 9.29. The van der Waals surface area contributed by atoms with Crippen LogP contribution in [0.1, 0.15) is 6.42 Å². The van der Waals surface area contributed by atoms with E-state index in [-0.39, 0.29) is 27.9 Å². The average molecular weight is 453 g/mol. The maximum Gasteiger partial charge on any atom is 0.271 e. The third-order valence-corrected chi connectivity index (χ3v) is 7.18.